The fourth-order valence-electron chi connectivity index (χ4n) is 11.3. The molecule has 304 valence electrons. The molecule has 12 rings (SSSR count). The monoisotopic (exact) mass is 837 g/mol. The van der Waals surface area contributed by atoms with Crippen molar-refractivity contribution in [1.29, 1.82) is 0 Å². The Labute approximate surface area is 375 Å². The van der Waals surface area contributed by atoms with Gasteiger partial charge < -0.3 is 4.57 Å². The Morgan fingerprint density at radius 1 is 0.453 bits per heavy atom. The molecule has 0 spiro atoms. The van der Waals surface area contributed by atoms with E-state index in [1.807, 2.05) is 12.1 Å². The van der Waals surface area contributed by atoms with Crippen LogP contribution >= 0.6 is 0 Å². The zero-order valence-electron chi connectivity index (χ0n) is 35.3. The van der Waals surface area contributed by atoms with Gasteiger partial charge >= 0.3 is 0 Å². The van der Waals surface area contributed by atoms with E-state index in [0.29, 0.717) is 0 Å². The molecule has 0 atom stereocenters. The predicted molar refractivity (Wildman–Crippen MR) is 267 cm³/mol. The highest BCUT2D eigenvalue weighted by Gasteiger charge is 2.49. The Balaban J connectivity index is 1.12. The van der Waals surface area contributed by atoms with Gasteiger partial charge in [0.15, 0.2) is 8.07 Å². The second kappa shape index (κ2) is 15.3. The Morgan fingerprint density at radius 3 is 1.53 bits per heavy atom. The number of hydrogen-bond donors (Lipinski definition) is 0. The molecule has 3 heteroatoms. The fraction of sp³-hybridized carbons (Fsp3) is 0.0492. The van der Waals surface area contributed by atoms with Crippen molar-refractivity contribution in [2.45, 2.75) is 18.3 Å². The first-order chi connectivity index (χ1) is 31.7. The summed E-state index contributed by atoms with van der Waals surface area (Å²) in [4.78, 5) is 0. The maximum Gasteiger partial charge on any atom is 0.179 e. The molecule has 0 N–H and O–H groups in total. The van der Waals surface area contributed by atoms with Crippen molar-refractivity contribution in [3.8, 4) is 27.9 Å². The highest BCUT2D eigenvalue weighted by Crippen LogP contribution is 2.56. The van der Waals surface area contributed by atoms with Crippen LogP contribution in [0.25, 0.3) is 44.9 Å². The number of aromatic nitrogens is 1. The van der Waals surface area contributed by atoms with Gasteiger partial charge in [-0.25, -0.2) is 4.39 Å². The fourth-order valence-corrected chi connectivity index (χ4v) is 16.0. The number of benzene rings is 9. The van der Waals surface area contributed by atoms with E-state index in [4.69, 9.17) is 0 Å². The van der Waals surface area contributed by atoms with Crippen LogP contribution in [0.1, 0.15) is 39.9 Å². The van der Waals surface area contributed by atoms with Crippen LogP contribution in [-0.4, -0.2) is 12.6 Å². The SMILES string of the molecule is Fc1ccc(-n2c3c(c4cc(-c5ccc6c(c5)C(c5ccccc5)(c5ccccc5)c5cc([Si](c7ccccc7)(c7ccccc7)c7ccccc7)ccc5-6)ccc42)C=CCC3)cc1. The summed E-state index contributed by atoms with van der Waals surface area (Å²) in [5.74, 6) is -0.224. The molecule has 0 aliphatic heterocycles. The number of halogens is 1. The Hall–Kier alpha value is -7.59. The van der Waals surface area contributed by atoms with Crippen LogP contribution in [0.2, 0.25) is 0 Å². The van der Waals surface area contributed by atoms with Gasteiger partial charge in [-0.2, -0.15) is 0 Å². The molecule has 0 amide bonds. The van der Waals surface area contributed by atoms with Gasteiger partial charge in [0, 0.05) is 22.3 Å². The third-order valence-corrected chi connectivity index (χ3v) is 18.7. The summed E-state index contributed by atoms with van der Waals surface area (Å²) in [7, 11) is -2.86. The second-order valence-corrected chi connectivity index (χ2v) is 21.0. The maximum absolute atomic E-state index is 14.1. The van der Waals surface area contributed by atoms with Gasteiger partial charge in [0.25, 0.3) is 0 Å². The molecule has 64 heavy (non-hydrogen) atoms. The van der Waals surface area contributed by atoms with Crippen molar-refractivity contribution < 1.29 is 4.39 Å². The lowest BCUT2D eigenvalue weighted by Gasteiger charge is -2.37. The summed E-state index contributed by atoms with van der Waals surface area (Å²) < 4.78 is 16.5. The van der Waals surface area contributed by atoms with Gasteiger partial charge in [-0.3, -0.25) is 0 Å². The third kappa shape index (κ3) is 5.74. The van der Waals surface area contributed by atoms with Crippen LogP contribution < -0.4 is 20.7 Å². The lowest BCUT2D eigenvalue weighted by molar-refractivity contribution is 0.627. The molecular weight excluding hydrogens is 794 g/mol. The van der Waals surface area contributed by atoms with E-state index in [1.165, 1.54) is 81.9 Å². The molecule has 2 aliphatic carbocycles. The zero-order chi connectivity index (χ0) is 42.7. The molecule has 2 aliphatic rings. The van der Waals surface area contributed by atoms with Crippen molar-refractivity contribution in [3.05, 3.63) is 276 Å². The molecule has 9 aromatic carbocycles. The molecule has 0 saturated carbocycles. The molecule has 0 bridgehead atoms. The molecule has 1 aromatic heterocycles. The number of rotatable bonds is 8. The van der Waals surface area contributed by atoms with Gasteiger partial charge in [-0.05, 0) is 121 Å². The Morgan fingerprint density at radius 2 is 0.953 bits per heavy atom. The number of allylic oxidation sites excluding steroid dienone is 1. The lowest BCUT2D eigenvalue weighted by atomic mass is 9.67. The molecule has 0 saturated heterocycles. The van der Waals surface area contributed by atoms with Crippen LogP contribution in [0.5, 0.6) is 0 Å². The normalized spacial score (nSPS) is 13.6. The van der Waals surface area contributed by atoms with E-state index in [0.717, 1.165) is 24.0 Å². The number of hydrogen-bond acceptors (Lipinski definition) is 0. The van der Waals surface area contributed by atoms with Gasteiger partial charge in [-0.1, -0.05) is 200 Å². The predicted octanol–water partition coefficient (Wildman–Crippen LogP) is 12.1. The molecule has 0 unspecified atom stereocenters. The summed E-state index contributed by atoms with van der Waals surface area (Å²) in [6.07, 6.45) is 6.48. The van der Waals surface area contributed by atoms with Crippen LogP contribution in [-0.2, 0) is 11.8 Å². The van der Waals surface area contributed by atoms with Crippen LogP contribution in [0.15, 0.2) is 237 Å². The van der Waals surface area contributed by atoms with Crippen molar-refractivity contribution in [3.63, 3.8) is 0 Å². The summed E-state index contributed by atoms with van der Waals surface area (Å²) >= 11 is 0. The molecule has 1 nitrogen and oxygen atoms in total. The number of nitrogens with zero attached hydrogens (tertiary/aromatic N) is 1. The highest BCUT2D eigenvalue weighted by atomic mass is 28.3. The minimum Gasteiger partial charge on any atom is -0.313 e. The summed E-state index contributed by atoms with van der Waals surface area (Å²) in [5.41, 5.74) is 14.0. The standard InChI is InChI=1S/C61H44FNSi/c62-47-32-34-48(35-33-47)63-59-29-17-16-28-55(59)56-40-43(31-39-60(56)63)44-30-37-53-54-38-36-52(42-58(54)61(57(53)41-44,45-18-6-1-7-19-45)46-20-8-2-9-21-46)64(49-22-10-3-11-23-49,50-24-12-4-13-25-50)51-26-14-5-15-27-51/h1-16,18-28,30-42H,17,29H2. The highest BCUT2D eigenvalue weighted by molar-refractivity contribution is 7.19. The van der Waals surface area contributed by atoms with Crippen molar-refractivity contribution in [1.82, 2.24) is 4.57 Å². The Bertz CT molecular complexity index is 3220. The molecule has 0 fully saturated rings. The van der Waals surface area contributed by atoms with E-state index in [1.54, 1.807) is 12.1 Å². The first-order valence-electron chi connectivity index (χ1n) is 22.3. The van der Waals surface area contributed by atoms with Gasteiger partial charge in [0.2, 0.25) is 0 Å². The lowest BCUT2D eigenvalue weighted by Crippen LogP contribution is -2.74. The molecular formula is C61H44FNSi. The number of fused-ring (bicyclic) bond motifs is 6. The van der Waals surface area contributed by atoms with E-state index < -0.39 is 13.5 Å². The third-order valence-electron chi connectivity index (χ3n) is 14.0. The summed E-state index contributed by atoms with van der Waals surface area (Å²) in [5, 5.41) is 6.64. The maximum atomic E-state index is 14.1. The summed E-state index contributed by atoms with van der Waals surface area (Å²) in [6, 6.07) is 84.5. The zero-order valence-corrected chi connectivity index (χ0v) is 36.3. The van der Waals surface area contributed by atoms with Crippen LogP contribution in [0.4, 0.5) is 4.39 Å². The quantitative estimate of drug-likeness (QED) is 0.106. The smallest absolute Gasteiger partial charge is 0.179 e. The molecule has 0 radical (unpaired) electrons. The average Bonchev–Trinajstić information content (AvgIpc) is 3.86. The van der Waals surface area contributed by atoms with E-state index >= 15 is 0 Å². The van der Waals surface area contributed by atoms with Crippen LogP contribution in [0, 0.1) is 5.82 Å². The summed E-state index contributed by atoms with van der Waals surface area (Å²) in [6.45, 7) is 0. The minimum atomic E-state index is -2.86. The second-order valence-electron chi connectivity index (χ2n) is 17.2. The topological polar surface area (TPSA) is 4.93 Å². The molecule has 1 heterocycles. The molecule has 10 aromatic rings. The van der Waals surface area contributed by atoms with Gasteiger partial charge in [0.1, 0.15) is 5.82 Å². The van der Waals surface area contributed by atoms with E-state index in [9.17, 15) is 4.39 Å². The largest absolute Gasteiger partial charge is 0.313 e. The first-order valence-corrected chi connectivity index (χ1v) is 24.3. The Kier molecular flexibility index (Phi) is 9.13. The average molecular weight is 838 g/mol. The minimum absolute atomic E-state index is 0.224. The van der Waals surface area contributed by atoms with E-state index in [-0.39, 0.29) is 5.82 Å². The van der Waals surface area contributed by atoms with E-state index in [2.05, 4.69) is 223 Å². The first kappa shape index (κ1) is 38.1. The van der Waals surface area contributed by atoms with Gasteiger partial charge in [-0.15, -0.1) is 0 Å². The van der Waals surface area contributed by atoms with Crippen LogP contribution in [0.3, 0.4) is 0 Å². The van der Waals surface area contributed by atoms with Crippen molar-refractivity contribution in [2.24, 2.45) is 0 Å². The van der Waals surface area contributed by atoms with Crippen molar-refractivity contribution in [2.75, 3.05) is 0 Å². The van der Waals surface area contributed by atoms with Gasteiger partial charge in [0.05, 0.1) is 10.9 Å². The van der Waals surface area contributed by atoms with Crippen molar-refractivity contribution >= 4 is 45.8 Å².